The highest BCUT2D eigenvalue weighted by Crippen LogP contribution is 2.40. The van der Waals surface area contributed by atoms with Crippen LogP contribution in [0.3, 0.4) is 0 Å². The van der Waals surface area contributed by atoms with Crippen LogP contribution < -0.4 is 5.32 Å². The van der Waals surface area contributed by atoms with Crippen molar-refractivity contribution in [3.05, 3.63) is 10.7 Å². The number of halogens is 1. The van der Waals surface area contributed by atoms with Gasteiger partial charge in [0.25, 0.3) is 0 Å². The minimum absolute atomic E-state index is 0.273. The Morgan fingerprint density at radius 1 is 1.45 bits per heavy atom. The molecular weight excluding hydrogens is 302 g/mol. The van der Waals surface area contributed by atoms with E-state index in [0.29, 0.717) is 24.2 Å². The zero-order valence-electron chi connectivity index (χ0n) is 13.7. The van der Waals surface area contributed by atoms with E-state index < -0.39 is 11.1 Å². The Labute approximate surface area is 136 Å². The van der Waals surface area contributed by atoms with E-state index in [1.54, 1.807) is 4.90 Å². The minimum Gasteiger partial charge on any atom is -0.444 e. The molecule has 0 spiro atoms. The summed E-state index contributed by atoms with van der Waals surface area (Å²) in [6.45, 7) is 8.84. The number of rotatable bonds is 1. The van der Waals surface area contributed by atoms with Crippen LogP contribution in [0.4, 0.5) is 4.79 Å². The summed E-state index contributed by atoms with van der Waals surface area (Å²) >= 11 is 6.43. The van der Waals surface area contributed by atoms with Crippen molar-refractivity contribution in [3.8, 4) is 0 Å². The Morgan fingerprint density at radius 2 is 2.14 bits per heavy atom. The number of fused-ring (bicyclic) bond motifs is 1. The van der Waals surface area contributed by atoms with Gasteiger partial charge in [0.15, 0.2) is 0 Å². The van der Waals surface area contributed by atoms with Crippen LogP contribution in [0, 0.1) is 5.92 Å². The third kappa shape index (κ3) is 3.09. The molecule has 0 aromatic heterocycles. The smallest absolute Gasteiger partial charge is 0.410 e. The summed E-state index contributed by atoms with van der Waals surface area (Å²) < 4.78 is 5.49. The molecule has 1 amide bonds. The lowest BCUT2D eigenvalue weighted by atomic mass is 9.85. The van der Waals surface area contributed by atoms with Crippen LogP contribution >= 0.6 is 11.6 Å². The number of piperidine rings is 1. The van der Waals surface area contributed by atoms with E-state index in [-0.39, 0.29) is 6.09 Å². The molecule has 6 heteroatoms. The van der Waals surface area contributed by atoms with E-state index >= 15 is 0 Å². The molecule has 0 radical (unpaired) electrons. The summed E-state index contributed by atoms with van der Waals surface area (Å²) in [5, 5.41) is 3.94. The summed E-state index contributed by atoms with van der Waals surface area (Å²) in [5.74, 6) is 1.48. The number of carbonyl (C=O) groups excluding carboxylic acids is 1. The van der Waals surface area contributed by atoms with Crippen LogP contribution in [0.15, 0.2) is 15.7 Å². The van der Waals surface area contributed by atoms with Crippen molar-refractivity contribution in [2.75, 3.05) is 13.1 Å². The fourth-order valence-electron chi connectivity index (χ4n) is 3.03. The van der Waals surface area contributed by atoms with Gasteiger partial charge in [0.2, 0.25) is 0 Å². The second-order valence-corrected chi connectivity index (χ2v) is 7.99. The van der Waals surface area contributed by atoms with Crippen molar-refractivity contribution in [2.45, 2.75) is 58.1 Å². The maximum absolute atomic E-state index is 12.3. The second kappa shape index (κ2) is 5.15. The Hall–Kier alpha value is -1.23. The SMILES string of the molecule is CC(C)(C)OC(=O)N1CCC2=C(Cl)NC(C3CC3)=NC2(C)C1. The number of aliphatic imine (C=N–C) groups is 1. The van der Waals surface area contributed by atoms with Gasteiger partial charge < -0.3 is 15.0 Å². The first-order chi connectivity index (χ1) is 10.2. The lowest BCUT2D eigenvalue weighted by molar-refractivity contribution is 0.0192. The van der Waals surface area contributed by atoms with Crippen molar-refractivity contribution >= 4 is 23.5 Å². The predicted molar refractivity (Wildman–Crippen MR) is 87.0 cm³/mol. The number of hydrogen-bond donors (Lipinski definition) is 1. The minimum atomic E-state index is -0.484. The number of ether oxygens (including phenoxy) is 1. The van der Waals surface area contributed by atoms with Gasteiger partial charge >= 0.3 is 6.09 Å². The van der Waals surface area contributed by atoms with Crippen molar-refractivity contribution in [2.24, 2.45) is 10.9 Å². The third-order valence-corrected chi connectivity index (χ3v) is 4.59. The largest absolute Gasteiger partial charge is 0.444 e. The average Bonchev–Trinajstić information content (AvgIpc) is 3.19. The molecule has 2 heterocycles. The highest BCUT2D eigenvalue weighted by Gasteiger charge is 2.44. The van der Waals surface area contributed by atoms with Crippen LogP contribution in [0.2, 0.25) is 0 Å². The maximum atomic E-state index is 12.3. The molecule has 3 rings (SSSR count). The topological polar surface area (TPSA) is 53.9 Å². The van der Waals surface area contributed by atoms with Crippen LogP contribution in [-0.4, -0.2) is 41.1 Å². The first-order valence-corrected chi connectivity index (χ1v) is 8.29. The quantitative estimate of drug-likeness (QED) is 0.753. The third-order valence-electron chi connectivity index (χ3n) is 4.27. The summed E-state index contributed by atoms with van der Waals surface area (Å²) in [6.07, 6.45) is 2.78. The molecule has 1 N–H and O–H groups in total. The molecule has 1 atom stereocenters. The molecule has 0 aromatic carbocycles. The Kier molecular flexibility index (Phi) is 3.67. The first-order valence-electron chi connectivity index (χ1n) is 7.92. The van der Waals surface area contributed by atoms with Gasteiger partial charge in [0.1, 0.15) is 22.1 Å². The van der Waals surface area contributed by atoms with Gasteiger partial charge in [-0.3, -0.25) is 4.99 Å². The highest BCUT2D eigenvalue weighted by molar-refractivity contribution is 6.31. The Morgan fingerprint density at radius 3 is 2.73 bits per heavy atom. The van der Waals surface area contributed by atoms with Gasteiger partial charge in [-0.1, -0.05) is 11.6 Å². The molecule has 1 unspecified atom stereocenters. The molecule has 3 aliphatic rings. The second-order valence-electron chi connectivity index (χ2n) is 7.61. The molecule has 0 bridgehead atoms. The number of likely N-dealkylation sites (tertiary alicyclic amines) is 1. The number of hydrogen-bond acceptors (Lipinski definition) is 4. The molecule has 1 saturated heterocycles. The van der Waals surface area contributed by atoms with E-state index in [1.165, 1.54) is 0 Å². The molecule has 5 nitrogen and oxygen atoms in total. The van der Waals surface area contributed by atoms with Gasteiger partial charge in [-0.25, -0.2) is 4.79 Å². The average molecular weight is 326 g/mol. The summed E-state index contributed by atoms with van der Waals surface area (Å²) in [4.78, 5) is 19.0. The standard InChI is InChI=1S/C16H24ClN3O2/c1-15(2,3)22-14(21)20-8-7-11-12(17)18-13(10-5-6-10)19-16(11,4)9-20/h10H,5-9H2,1-4H3,(H,18,19). The molecule has 1 saturated carbocycles. The predicted octanol–water partition coefficient (Wildman–Crippen LogP) is 3.25. The number of nitrogens with zero attached hydrogens (tertiary/aromatic N) is 2. The number of amidine groups is 1. The van der Waals surface area contributed by atoms with Gasteiger partial charge in [-0.15, -0.1) is 0 Å². The fraction of sp³-hybridized carbons (Fsp3) is 0.750. The number of nitrogens with one attached hydrogen (secondary N) is 1. The summed E-state index contributed by atoms with van der Waals surface area (Å²) in [5.41, 5.74) is 0.177. The van der Waals surface area contributed by atoms with E-state index in [4.69, 9.17) is 21.3 Å². The van der Waals surface area contributed by atoms with Crippen LogP contribution in [0.25, 0.3) is 0 Å². The number of carbonyl (C=O) groups is 1. The lowest BCUT2D eigenvalue weighted by Gasteiger charge is -2.43. The van der Waals surface area contributed by atoms with Gasteiger partial charge in [-0.05, 0) is 52.5 Å². The van der Waals surface area contributed by atoms with E-state index in [2.05, 4.69) is 12.2 Å². The molecule has 2 aliphatic heterocycles. The normalized spacial score (nSPS) is 28.8. The lowest BCUT2D eigenvalue weighted by Crippen LogP contribution is -2.53. The summed E-state index contributed by atoms with van der Waals surface area (Å²) in [7, 11) is 0. The zero-order chi connectivity index (χ0) is 16.1. The zero-order valence-corrected chi connectivity index (χ0v) is 14.5. The monoisotopic (exact) mass is 325 g/mol. The fourth-order valence-corrected chi connectivity index (χ4v) is 3.42. The molecule has 122 valence electrons. The molecule has 1 aliphatic carbocycles. The molecule has 22 heavy (non-hydrogen) atoms. The van der Waals surface area contributed by atoms with Crippen LogP contribution in [0.5, 0.6) is 0 Å². The maximum Gasteiger partial charge on any atom is 0.410 e. The summed E-state index contributed by atoms with van der Waals surface area (Å²) in [6, 6.07) is 0. The molecule has 2 fully saturated rings. The van der Waals surface area contributed by atoms with E-state index in [0.717, 1.165) is 30.7 Å². The van der Waals surface area contributed by atoms with Crippen molar-refractivity contribution in [1.29, 1.82) is 0 Å². The highest BCUT2D eigenvalue weighted by atomic mass is 35.5. The molecule has 0 aromatic rings. The van der Waals surface area contributed by atoms with Crippen molar-refractivity contribution < 1.29 is 9.53 Å². The van der Waals surface area contributed by atoms with Crippen LogP contribution in [-0.2, 0) is 4.74 Å². The Balaban J connectivity index is 1.79. The number of amides is 1. The van der Waals surface area contributed by atoms with Gasteiger partial charge in [0, 0.05) is 12.5 Å². The van der Waals surface area contributed by atoms with Crippen molar-refractivity contribution in [1.82, 2.24) is 10.2 Å². The van der Waals surface area contributed by atoms with E-state index in [1.807, 2.05) is 20.8 Å². The van der Waals surface area contributed by atoms with Gasteiger partial charge in [-0.2, -0.15) is 0 Å². The molecular formula is C16H24ClN3O2. The van der Waals surface area contributed by atoms with Crippen molar-refractivity contribution in [3.63, 3.8) is 0 Å². The van der Waals surface area contributed by atoms with Gasteiger partial charge in [0.05, 0.1) is 6.54 Å². The first kappa shape index (κ1) is 15.7. The van der Waals surface area contributed by atoms with E-state index in [9.17, 15) is 4.79 Å². The Bertz CT molecular complexity index is 560. The van der Waals surface area contributed by atoms with Crippen LogP contribution in [0.1, 0.15) is 47.0 Å².